The van der Waals surface area contributed by atoms with Crippen molar-refractivity contribution < 1.29 is 0 Å². The molecule has 2 aliphatic rings. The minimum atomic E-state index is 0.608. The number of rotatable bonds is 4. The molecule has 0 N–H and O–H groups in total. The summed E-state index contributed by atoms with van der Waals surface area (Å²) in [6.07, 6.45) is 10.4. The fourth-order valence-corrected chi connectivity index (χ4v) is 4.73. The van der Waals surface area contributed by atoms with Crippen molar-refractivity contribution in [3.8, 4) is 0 Å². The van der Waals surface area contributed by atoms with E-state index in [4.69, 9.17) is 0 Å². The fourth-order valence-electron chi connectivity index (χ4n) is 3.92. The highest BCUT2D eigenvalue weighted by atomic mass is 79.9. The first-order valence-corrected chi connectivity index (χ1v) is 8.18. The molecular formula is C16H22BrN. The lowest BCUT2D eigenvalue weighted by Crippen LogP contribution is -2.16. The maximum Gasteiger partial charge on any atom is 0.0414 e. The molecule has 0 amide bonds. The average Bonchev–Trinajstić information content (AvgIpc) is 2.94. The van der Waals surface area contributed by atoms with E-state index in [1.54, 1.807) is 0 Å². The van der Waals surface area contributed by atoms with E-state index in [2.05, 4.69) is 40.0 Å². The number of nitrogens with zero attached hydrogens (tertiary/aromatic N) is 1. The van der Waals surface area contributed by atoms with Gasteiger partial charge in [0.15, 0.2) is 0 Å². The summed E-state index contributed by atoms with van der Waals surface area (Å²) < 4.78 is 0. The monoisotopic (exact) mass is 307 g/mol. The van der Waals surface area contributed by atoms with Gasteiger partial charge >= 0.3 is 0 Å². The zero-order valence-electron chi connectivity index (χ0n) is 11.1. The van der Waals surface area contributed by atoms with Gasteiger partial charge in [-0.3, -0.25) is 4.98 Å². The number of halogens is 1. The summed E-state index contributed by atoms with van der Waals surface area (Å²) in [5.74, 6) is 3.09. The van der Waals surface area contributed by atoms with Crippen LogP contribution in [-0.2, 0) is 6.42 Å². The molecule has 1 nitrogen and oxygen atoms in total. The van der Waals surface area contributed by atoms with Gasteiger partial charge in [0, 0.05) is 23.1 Å². The molecule has 0 radical (unpaired) electrons. The van der Waals surface area contributed by atoms with Crippen LogP contribution in [-0.4, -0.2) is 9.81 Å². The van der Waals surface area contributed by atoms with Gasteiger partial charge in [-0.15, -0.1) is 0 Å². The van der Waals surface area contributed by atoms with E-state index in [0.29, 0.717) is 4.83 Å². The Labute approximate surface area is 119 Å². The van der Waals surface area contributed by atoms with Crippen LogP contribution in [0.3, 0.4) is 0 Å². The second kappa shape index (κ2) is 5.32. The van der Waals surface area contributed by atoms with Gasteiger partial charge in [-0.2, -0.15) is 0 Å². The predicted molar refractivity (Wildman–Crippen MR) is 78.9 cm³/mol. The lowest BCUT2D eigenvalue weighted by molar-refractivity contribution is 0.312. The maximum absolute atomic E-state index is 4.51. The lowest BCUT2D eigenvalue weighted by Gasteiger charge is -2.23. The van der Waals surface area contributed by atoms with Gasteiger partial charge in [0.25, 0.3) is 0 Å². The standard InChI is InChI=1S/C16H22BrN/c1-11-2-5-16(18-10-11)9-15(17)8-14-7-12-3-4-13(14)6-12/h2,5,10,12-15H,3-4,6-9H2,1H3. The summed E-state index contributed by atoms with van der Waals surface area (Å²) >= 11 is 3.87. The van der Waals surface area contributed by atoms with Crippen molar-refractivity contribution in [2.75, 3.05) is 0 Å². The Morgan fingerprint density at radius 1 is 1.33 bits per heavy atom. The molecule has 2 bridgehead atoms. The Hall–Kier alpha value is -0.370. The van der Waals surface area contributed by atoms with Crippen LogP contribution in [0.4, 0.5) is 0 Å². The van der Waals surface area contributed by atoms with Crippen molar-refractivity contribution >= 4 is 15.9 Å². The van der Waals surface area contributed by atoms with Gasteiger partial charge in [-0.1, -0.05) is 28.4 Å². The molecule has 4 atom stereocenters. The molecule has 2 heteroatoms. The molecule has 2 saturated carbocycles. The average molecular weight is 308 g/mol. The largest absolute Gasteiger partial charge is 0.261 e. The molecule has 0 spiro atoms. The van der Waals surface area contributed by atoms with E-state index in [1.807, 2.05) is 6.20 Å². The van der Waals surface area contributed by atoms with E-state index in [-0.39, 0.29) is 0 Å². The first-order valence-electron chi connectivity index (χ1n) is 7.26. The van der Waals surface area contributed by atoms with Crippen LogP contribution >= 0.6 is 15.9 Å². The molecule has 2 aliphatic carbocycles. The number of alkyl halides is 1. The van der Waals surface area contributed by atoms with Gasteiger partial charge in [-0.05, 0) is 62.0 Å². The Bertz CT molecular complexity index is 400. The Kier molecular flexibility index (Phi) is 3.74. The fraction of sp³-hybridized carbons (Fsp3) is 0.688. The van der Waals surface area contributed by atoms with Crippen molar-refractivity contribution in [3.05, 3.63) is 29.6 Å². The molecule has 2 fully saturated rings. The molecule has 3 rings (SSSR count). The summed E-state index contributed by atoms with van der Waals surface area (Å²) in [6, 6.07) is 4.34. The van der Waals surface area contributed by atoms with Crippen molar-refractivity contribution in [1.29, 1.82) is 0 Å². The Morgan fingerprint density at radius 3 is 2.83 bits per heavy atom. The van der Waals surface area contributed by atoms with Crippen molar-refractivity contribution in [3.63, 3.8) is 0 Å². The van der Waals surface area contributed by atoms with Crippen LogP contribution in [0.15, 0.2) is 18.3 Å². The van der Waals surface area contributed by atoms with Crippen molar-refractivity contribution in [2.24, 2.45) is 17.8 Å². The summed E-state index contributed by atoms with van der Waals surface area (Å²) in [5, 5.41) is 0. The third-order valence-corrected chi connectivity index (χ3v) is 5.54. The van der Waals surface area contributed by atoms with Crippen LogP contribution < -0.4 is 0 Å². The molecule has 0 aliphatic heterocycles. The number of aryl methyl sites for hydroxylation is 1. The van der Waals surface area contributed by atoms with Gasteiger partial charge in [0.05, 0.1) is 0 Å². The molecule has 18 heavy (non-hydrogen) atoms. The van der Waals surface area contributed by atoms with E-state index >= 15 is 0 Å². The second-order valence-electron chi connectivity index (χ2n) is 6.30. The highest BCUT2D eigenvalue weighted by molar-refractivity contribution is 9.09. The van der Waals surface area contributed by atoms with Crippen LogP contribution in [0.5, 0.6) is 0 Å². The number of fused-ring (bicyclic) bond motifs is 2. The molecule has 98 valence electrons. The number of aromatic nitrogens is 1. The van der Waals surface area contributed by atoms with Crippen molar-refractivity contribution in [2.45, 2.75) is 50.3 Å². The van der Waals surface area contributed by atoms with Gasteiger partial charge < -0.3 is 0 Å². The Morgan fingerprint density at radius 2 is 2.22 bits per heavy atom. The molecule has 1 heterocycles. The van der Waals surface area contributed by atoms with E-state index in [9.17, 15) is 0 Å². The molecule has 4 unspecified atom stereocenters. The van der Waals surface area contributed by atoms with E-state index in [1.165, 1.54) is 43.4 Å². The summed E-state index contributed by atoms with van der Waals surface area (Å²) in [4.78, 5) is 5.12. The lowest BCUT2D eigenvalue weighted by atomic mass is 9.85. The first kappa shape index (κ1) is 12.7. The zero-order chi connectivity index (χ0) is 12.5. The highest BCUT2D eigenvalue weighted by Gasteiger charge is 2.39. The van der Waals surface area contributed by atoms with Crippen molar-refractivity contribution in [1.82, 2.24) is 4.98 Å². The SMILES string of the molecule is Cc1ccc(CC(Br)CC2CC3CCC2C3)nc1. The summed E-state index contributed by atoms with van der Waals surface area (Å²) in [5.41, 5.74) is 2.48. The molecule has 0 saturated heterocycles. The maximum atomic E-state index is 4.51. The topological polar surface area (TPSA) is 12.9 Å². The predicted octanol–water partition coefficient (Wildman–Crippen LogP) is 4.52. The first-order chi connectivity index (χ1) is 8.70. The second-order valence-corrected chi connectivity index (χ2v) is 7.59. The van der Waals surface area contributed by atoms with Crippen LogP contribution in [0.2, 0.25) is 0 Å². The van der Waals surface area contributed by atoms with Gasteiger partial charge in [0.1, 0.15) is 0 Å². The summed E-state index contributed by atoms with van der Waals surface area (Å²) in [7, 11) is 0. The molecule has 1 aromatic rings. The van der Waals surface area contributed by atoms with E-state index < -0.39 is 0 Å². The zero-order valence-corrected chi connectivity index (χ0v) is 12.7. The normalized spacial score (nSPS) is 31.8. The Balaban J connectivity index is 1.52. The molecular weight excluding hydrogens is 286 g/mol. The van der Waals surface area contributed by atoms with Gasteiger partial charge in [0.2, 0.25) is 0 Å². The smallest absolute Gasteiger partial charge is 0.0414 e. The third-order valence-electron chi connectivity index (χ3n) is 4.85. The third kappa shape index (κ3) is 2.79. The quantitative estimate of drug-likeness (QED) is 0.745. The van der Waals surface area contributed by atoms with Gasteiger partial charge in [-0.25, -0.2) is 0 Å². The molecule has 1 aromatic heterocycles. The van der Waals surface area contributed by atoms with Crippen LogP contribution in [0.1, 0.15) is 43.4 Å². The number of pyridine rings is 1. The minimum Gasteiger partial charge on any atom is -0.261 e. The summed E-state index contributed by atoms with van der Waals surface area (Å²) in [6.45, 7) is 2.09. The minimum absolute atomic E-state index is 0.608. The molecule has 0 aromatic carbocycles. The van der Waals surface area contributed by atoms with E-state index in [0.717, 1.165) is 24.2 Å². The van der Waals surface area contributed by atoms with Crippen LogP contribution in [0.25, 0.3) is 0 Å². The highest BCUT2D eigenvalue weighted by Crippen LogP contribution is 2.50. The van der Waals surface area contributed by atoms with Crippen LogP contribution in [0, 0.1) is 24.7 Å². The number of hydrogen-bond donors (Lipinski definition) is 0. The number of hydrogen-bond acceptors (Lipinski definition) is 1.